The lowest BCUT2D eigenvalue weighted by Gasteiger charge is -2.40. The van der Waals surface area contributed by atoms with E-state index in [-0.39, 0.29) is 6.61 Å². The molecule has 1 N–H and O–H groups in total. The van der Waals surface area contributed by atoms with Gasteiger partial charge in [-0.3, -0.25) is 4.18 Å². The summed E-state index contributed by atoms with van der Waals surface area (Å²) in [7, 11) is -5.09. The van der Waals surface area contributed by atoms with Crippen LogP contribution in [0.15, 0.2) is 30.3 Å². The molecule has 140 valence electrons. The van der Waals surface area contributed by atoms with Gasteiger partial charge < -0.3 is 29.0 Å². The van der Waals surface area contributed by atoms with Crippen molar-refractivity contribution in [3.05, 3.63) is 35.9 Å². The highest BCUT2D eigenvalue weighted by molar-refractivity contribution is 7.80. The molecule has 2 unspecified atom stereocenters. The second-order valence-corrected chi connectivity index (χ2v) is 6.54. The minimum Gasteiger partial charge on any atom is -0.726 e. The number of rotatable bonds is 8. The fourth-order valence-corrected chi connectivity index (χ4v) is 3.02. The maximum absolute atomic E-state index is 11.1. The van der Waals surface area contributed by atoms with E-state index in [1.807, 2.05) is 30.3 Å². The Morgan fingerprint density at radius 3 is 2.60 bits per heavy atom. The maximum atomic E-state index is 11.1. The zero-order chi connectivity index (χ0) is 18.4. The van der Waals surface area contributed by atoms with Gasteiger partial charge in [-0.1, -0.05) is 30.3 Å². The Morgan fingerprint density at radius 2 is 2.00 bits per heavy atom. The Balaban J connectivity index is 1.93. The number of carboxylic acids is 1. The first kappa shape index (κ1) is 19.8. The molecule has 10 heteroatoms. The standard InChI is InChI=1S/C15H20O9S/c16-12-11(24-25(19,20)21)9-23-14(15(17)18)13(12)22-8-4-7-10-5-2-1-3-6-10/h1-3,5-6,11-14,16H,4,7-9H2,(H,17,18)(H,19,20,21)/p-2/t11?,12-,13-,14?/m1/s1. The number of aliphatic hydroxyl groups excluding tert-OH is 1. The summed E-state index contributed by atoms with van der Waals surface area (Å²) in [5, 5.41) is 21.2. The molecule has 0 aromatic heterocycles. The first-order valence-electron chi connectivity index (χ1n) is 7.58. The first-order chi connectivity index (χ1) is 11.8. The molecule has 0 spiro atoms. The van der Waals surface area contributed by atoms with Gasteiger partial charge in [0.15, 0.2) is 0 Å². The van der Waals surface area contributed by atoms with Crippen molar-refractivity contribution >= 4 is 16.4 Å². The molecular formula is C15H18O9S-2. The number of aliphatic hydroxyl groups is 1. The van der Waals surface area contributed by atoms with Gasteiger partial charge in [0.1, 0.15) is 24.4 Å². The number of carbonyl (C=O) groups excluding carboxylic acids is 1. The Kier molecular flexibility index (Phi) is 6.87. The summed E-state index contributed by atoms with van der Waals surface area (Å²) in [5.74, 6) is -1.62. The van der Waals surface area contributed by atoms with Gasteiger partial charge in [0.05, 0.1) is 12.6 Å². The summed E-state index contributed by atoms with van der Waals surface area (Å²) in [4.78, 5) is 11.1. The molecule has 1 aliphatic heterocycles. The number of hydrogen-bond donors (Lipinski definition) is 1. The lowest BCUT2D eigenvalue weighted by Crippen LogP contribution is -2.60. The molecular weight excluding hydrogens is 356 g/mol. The highest BCUT2D eigenvalue weighted by Gasteiger charge is 2.42. The SMILES string of the molecule is O=C([O-])C1OCC(OS(=O)(=O)[O-])[C@@H](O)[C@H]1OCCCc1ccccc1. The fourth-order valence-electron chi connectivity index (χ4n) is 2.55. The smallest absolute Gasteiger partial charge is 0.218 e. The van der Waals surface area contributed by atoms with Gasteiger partial charge in [-0.15, -0.1) is 0 Å². The number of aryl methyl sites for hydroxylation is 1. The van der Waals surface area contributed by atoms with Gasteiger partial charge in [0.2, 0.25) is 10.4 Å². The van der Waals surface area contributed by atoms with Crippen LogP contribution in [-0.4, -0.2) is 61.7 Å². The molecule has 1 heterocycles. The largest absolute Gasteiger partial charge is 0.726 e. The van der Waals surface area contributed by atoms with Gasteiger partial charge in [-0.2, -0.15) is 0 Å². The zero-order valence-corrected chi connectivity index (χ0v) is 14.0. The fraction of sp³-hybridized carbons (Fsp3) is 0.533. The van der Waals surface area contributed by atoms with E-state index < -0.39 is 47.4 Å². The van der Waals surface area contributed by atoms with Crippen LogP contribution in [0.3, 0.4) is 0 Å². The summed E-state index contributed by atoms with van der Waals surface area (Å²) in [6.45, 7) is -0.508. The molecule has 0 radical (unpaired) electrons. The van der Waals surface area contributed by atoms with E-state index >= 15 is 0 Å². The van der Waals surface area contributed by atoms with Gasteiger partial charge in [0.25, 0.3) is 0 Å². The van der Waals surface area contributed by atoms with Crippen molar-refractivity contribution in [2.24, 2.45) is 0 Å². The molecule has 1 saturated heterocycles. The number of carboxylic acid groups (broad SMARTS) is 1. The first-order valence-corrected chi connectivity index (χ1v) is 8.91. The van der Waals surface area contributed by atoms with Crippen molar-refractivity contribution in [1.82, 2.24) is 0 Å². The van der Waals surface area contributed by atoms with Crippen LogP contribution in [0.25, 0.3) is 0 Å². The molecule has 1 fully saturated rings. The lowest BCUT2D eigenvalue weighted by atomic mass is 10.00. The molecule has 1 aromatic carbocycles. The van der Waals surface area contributed by atoms with Crippen LogP contribution in [-0.2, 0) is 35.3 Å². The predicted octanol–water partition coefficient (Wildman–Crippen LogP) is -1.64. The van der Waals surface area contributed by atoms with E-state index in [9.17, 15) is 28.0 Å². The van der Waals surface area contributed by atoms with Crippen molar-refractivity contribution in [3.63, 3.8) is 0 Å². The topological polar surface area (TPSA) is 145 Å². The van der Waals surface area contributed by atoms with Crippen molar-refractivity contribution in [1.29, 1.82) is 0 Å². The molecule has 0 amide bonds. The predicted molar refractivity (Wildman–Crippen MR) is 79.8 cm³/mol. The van der Waals surface area contributed by atoms with Crippen LogP contribution in [0.4, 0.5) is 0 Å². The number of carbonyl (C=O) groups is 1. The molecule has 25 heavy (non-hydrogen) atoms. The Hall–Kier alpha value is -1.56. The highest BCUT2D eigenvalue weighted by atomic mass is 32.3. The third-order valence-electron chi connectivity index (χ3n) is 3.69. The minimum absolute atomic E-state index is 0.0839. The van der Waals surface area contributed by atoms with Crippen LogP contribution >= 0.6 is 0 Å². The van der Waals surface area contributed by atoms with Crippen LogP contribution in [0.1, 0.15) is 12.0 Å². The van der Waals surface area contributed by atoms with Crippen molar-refractivity contribution in [3.8, 4) is 0 Å². The van der Waals surface area contributed by atoms with E-state index in [0.717, 1.165) is 5.56 Å². The van der Waals surface area contributed by atoms with Crippen LogP contribution in [0.2, 0.25) is 0 Å². The molecule has 4 atom stereocenters. The lowest BCUT2D eigenvalue weighted by molar-refractivity contribution is -0.329. The number of aliphatic carboxylic acids is 1. The van der Waals surface area contributed by atoms with Crippen molar-refractivity contribution in [2.75, 3.05) is 13.2 Å². The second-order valence-electron chi connectivity index (χ2n) is 5.53. The van der Waals surface area contributed by atoms with E-state index in [4.69, 9.17) is 9.47 Å². The van der Waals surface area contributed by atoms with E-state index in [1.165, 1.54) is 0 Å². The number of ether oxygens (including phenoxy) is 2. The maximum Gasteiger partial charge on any atom is 0.218 e. The van der Waals surface area contributed by atoms with Crippen LogP contribution in [0, 0.1) is 0 Å². The Morgan fingerprint density at radius 1 is 1.32 bits per heavy atom. The zero-order valence-electron chi connectivity index (χ0n) is 13.1. The van der Waals surface area contributed by atoms with Gasteiger partial charge in [-0.25, -0.2) is 8.42 Å². The number of benzene rings is 1. The number of hydrogen-bond acceptors (Lipinski definition) is 9. The van der Waals surface area contributed by atoms with Crippen LogP contribution < -0.4 is 5.11 Å². The average Bonchev–Trinajstić information content (AvgIpc) is 2.54. The van der Waals surface area contributed by atoms with E-state index in [1.54, 1.807) is 0 Å². The van der Waals surface area contributed by atoms with Gasteiger partial charge >= 0.3 is 0 Å². The van der Waals surface area contributed by atoms with E-state index in [2.05, 4.69) is 4.18 Å². The molecule has 1 aliphatic rings. The van der Waals surface area contributed by atoms with Gasteiger partial charge in [0, 0.05) is 6.61 Å². The Bertz CT molecular complexity index is 661. The summed E-state index contributed by atoms with van der Waals surface area (Å²) in [5.41, 5.74) is 1.06. The Labute approximate surface area is 145 Å². The summed E-state index contributed by atoms with van der Waals surface area (Å²) in [6, 6.07) is 9.49. The molecule has 9 nitrogen and oxygen atoms in total. The van der Waals surface area contributed by atoms with Gasteiger partial charge in [-0.05, 0) is 18.4 Å². The van der Waals surface area contributed by atoms with Crippen LogP contribution in [0.5, 0.6) is 0 Å². The quantitative estimate of drug-likeness (QED) is 0.321. The highest BCUT2D eigenvalue weighted by Crippen LogP contribution is 2.22. The molecule has 0 aliphatic carbocycles. The van der Waals surface area contributed by atoms with E-state index in [0.29, 0.717) is 12.8 Å². The summed E-state index contributed by atoms with van der Waals surface area (Å²) >= 11 is 0. The summed E-state index contributed by atoms with van der Waals surface area (Å²) in [6.07, 6.45) is -5.04. The van der Waals surface area contributed by atoms with Crippen molar-refractivity contribution < 1.29 is 41.6 Å². The third-order valence-corrected chi connectivity index (χ3v) is 4.18. The second kappa shape index (κ2) is 8.70. The monoisotopic (exact) mass is 374 g/mol. The molecule has 0 saturated carbocycles. The molecule has 2 rings (SSSR count). The molecule has 0 bridgehead atoms. The third kappa shape index (κ3) is 6.03. The minimum atomic E-state index is -5.09. The summed E-state index contributed by atoms with van der Waals surface area (Å²) < 4.78 is 46.5. The molecule has 1 aromatic rings. The van der Waals surface area contributed by atoms with Crippen molar-refractivity contribution in [2.45, 2.75) is 37.3 Å². The average molecular weight is 374 g/mol. The normalized spacial score (nSPS) is 27.1.